The van der Waals surface area contributed by atoms with Crippen molar-refractivity contribution in [3.63, 3.8) is 0 Å². The maximum Gasteiger partial charge on any atom is 0.290 e. The second-order valence-corrected chi connectivity index (χ2v) is 9.70. The van der Waals surface area contributed by atoms with Crippen LogP contribution in [-0.2, 0) is 17.1 Å². The Morgan fingerprint density at radius 3 is 2.70 bits per heavy atom. The molecule has 1 aromatic carbocycles. The van der Waals surface area contributed by atoms with Gasteiger partial charge in [-0.2, -0.15) is 8.78 Å². The lowest BCUT2D eigenvalue weighted by atomic mass is 9.97. The van der Waals surface area contributed by atoms with Crippen LogP contribution >= 0.6 is 0 Å². The third-order valence-electron chi connectivity index (χ3n) is 7.29. The van der Waals surface area contributed by atoms with Crippen LogP contribution in [-0.4, -0.2) is 46.6 Å². The van der Waals surface area contributed by atoms with Crippen LogP contribution in [0.1, 0.15) is 39.2 Å². The van der Waals surface area contributed by atoms with Gasteiger partial charge in [-0.3, -0.25) is 9.78 Å². The van der Waals surface area contributed by atoms with E-state index in [2.05, 4.69) is 26.3 Å². The Morgan fingerprint density at radius 2 is 1.89 bits per heavy atom. The normalized spacial score (nSPS) is 16.7. The number of ether oxygens (including phenoxy) is 1. The fourth-order valence-corrected chi connectivity index (χ4v) is 5.36. The fraction of sp³-hybridized carbons (Fsp3) is 0.321. The highest BCUT2D eigenvalue weighted by Gasteiger charge is 2.42. The van der Waals surface area contributed by atoms with Gasteiger partial charge in [-0.1, -0.05) is 6.07 Å². The lowest BCUT2D eigenvalue weighted by Gasteiger charge is -2.29. The first-order chi connectivity index (χ1) is 17.8. The Kier molecular flexibility index (Phi) is 5.67. The van der Waals surface area contributed by atoms with Crippen molar-refractivity contribution in [3.8, 4) is 11.1 Å². The molecule has 6 rings (SSSR count). The molecule has 1 aliphatic heterocycles. The Balaban J connectivity index is 1.38. The molecule has 1 aliphatic carbocycles. The molecule has 2 aliphatic rings. The van der Waals surface area contributed by atoms with Gasteiger partial charge in [0.2, 0.25) is 0 Å². The molecule has 4 heterocycles. The number of nitrogens with one attached hydrogen (secondary N) is 1. The molecule has 0 saturated carbocycles. The average Bonchev–Trinajstić information content (AvgIpc) is 3.49. The lowest BCUT2D eigenvalue weighted by molar-refractivity contribution is -0.00592. The van der Waals surface area contributed by atoms with Crippen molar-refractivity contribution in [1.82, 2.24) is 14.4 Å². The number of carbonyl (C=O) groups excluding carboxylic acids is 1. The number of aryl methyl sites for hydroxylation is 2. The van der Waals surface area contributed by atoms with Gasteiger partial charge in [0, 0.05) is 61.1 Å². The number of aromatic nitrogens is 3. The molecule has 3 aromatic heterocycles. The first-order valence-corrected chi connectivity index (χ1v) is 12.4. The quantitative estimate of drug-likeness (QED) is 0.418. The number of anilines is 2. The number of carbonyl (C=O) groups is 1. The summed E-state index contributed by atoms with van der Waals surface area (Å²) < 4.78 is 35.9. The number of halogens is 2. The van der Waals surface area contributed by atoms with Crippen LogP contribution in [0.3, 0.4) is 0 Å². The molecule has 0 atom stereocenters. The molecule has 1 N–H and O–H groups in total. The molecule has 190 valence electrons. The van der Waals surface area contributed by atoms with E-state index in [1.165, 1.54) is 12.3 Å². The zero-order valence-corrected chi connectivity index (χ0v) is 20.7. The van der Waals surface area contributed by atoms with Gasteiger partial charge < -0.3 is 19.4 Å². The Labute approximate surface area is 213 Å². The summed E-state index contributed by atoms with van der Waals surface area (Å²) in [5, 5.41) is 2.97. The largest absolute Gasteiger partial charge is 0.378 e. The number of hydrogen-bond acceptors (Lipinski definition) is 5. The lowest BCUT2D eigenvalue weighted by Crippen LogP contribution is -2.36. The number of amides is 1. The Morgan fingerprint density at radius 1 is 1.08 bits per heavy atom. The van der Waals surface area contributed by atoms with Crippen LogP contribution in [0, 0.1) is 13.8 Å². The van der Waals surface area contributed by atoms with Crippen LogP contribution in [0.5, 0.6) is 0 Å². The molecule has 0 unspecified atom stereocenters. The summed E-state index contributed by atoms with van der Waals surface area (Å²) in [4.78, 5) is 24.0. The van der Waals surface area contributed by atoms with Gasteiger partial charge in [-0.15, -0.1) is 0 Å². The van der Waals surface area contributed by atoms with Crippen molar-refractivity contribution in [3.05, 3.63) is 77.0 Å². The van der Waals surface area contributed by atoms with Crippen molar-refractivity contribution >= 4 is 22.9 Å². The Bertz CT molecular complexity index is 1520. The van der Waals surface area contributed by atoms with Gasteiger partial charge in [0.1, 0.15) is 5.69 Å². The summed E-state index contributed by atoms with van der Waals surface area (Å²) in [7, 11) is 0. The first kappa shape index (κ1) is 23.5. The minimum absolute atomic E-state index is 0.131. The fourth-order valence-electron chi connectivity index (χ4n) is 5.36. The van der Waals surface area contributed by atoms with Crippen LogP contribution in [0.15, 0.2) is 49.1 Å². The average molecular weight is 504 g/mol. The molecular formula is C28H27F2N5O2. The first-order valence-electron chi connectivity index (χ1n) is 12.4. The van der Waals surface area contributed by atoms with Gasteiger partial charge >= 0.3 is 0 Å². The highest BCUT2D eigenvalue weighted by Crippen LogP contribution is 2.41. The molecule has 1 amide bonds. The van der Waals surface area contributed by atoms with E-state index in [4.69, 9.17) is 4.74 Å². The maximum absolute atomic E-state index is 14.2. The zero-order valence-electron chi connectivity index (χ0n) is 20.7. The molecule has 1 saturated heterocycles. The predicted octanol–water partition coefficient (Wildman–Crippen LogP) is 5.14. The highest BCUT2D eigenvalue weighted by molar-refractivity contribution is 6.06. The molecule has 0 radical (unpaired) electrons. The van der Waals surface area contributed by atoms with Gasteiger partial charge in [-0.05, 0) is 60.7 Å². The zero-order chi connectivity index (χ0) is 25.7. The number of morpholine rings is 1. The second kappa shape index (κ2) is 8.92. The molecule has 0 bridgehead atoms. The standard InChI is InChI=1S/C28H27F2N5O2/c1-17-13-18(2)23(33-27(36)21-4-6-31-25-20(21)3-5-28(25,29)30)15-22(17)19-14-24(34-9-11-37-12-10-34)26-32-7-8-35(26)16-19/h4,6-8,13-16H,3,5,9-12H2,1-2H3,(H,33,36). The Hall–Kier alpha value is -3.85. The maximum atomic E-state index is 14.2. The number of alkyl halides is 2. The molecule has 4 aromatic rings. The second-order valence-electron chi connectivity index (χ2n) is 9.70. The summed E-state index contributed by atoms with van der Waals surface area (Å²) >= 11 is 0. The third-order valence-corrected chi connectivity index (χ3v) is 7.29. The smallest absolute Gasteiger partial charge is 0.290 e. The van der Waals surface area contributed by atoms with E-state index in [-0.39, 0.29) is 24.1 Å². The van der Waals surface area contributed by atoms with Crippen LogP contribution < -0.4 is 10.2 Å². The van der Waals surface area contributed by atoms with E-state index in [9.17, 15) is 13.6 Å². The van der Waals surface area contributed by atoms with Gasteiger partial charge in [0.05, 0.1) is 18.9 Å². The van der Waals surface area contributed by atoms with E-state index in [1.54, 1.807) is 6.20 Å². The topological polar surface area (TPSA) is 71.8 Å². The minimum atomic E-state index is -3.00. The summed E-state index contributed by atoms with van der Waals surface area (Å²) in [6.07, 6.45) is 6.84. The summed E-state index contributed by atoms with van der Waals surface area (Å²) in [6, 6.07) is 7.64. The summed E-state index contributed by atoms with van der Waals surface area (Å²) in [5.74, 6) is -3.41. The molecule has 0 spiro atoms. The predicted molar refractivity (Wildman–Crippen MR) is 138 cm³/mol. The number of nitrogens with zero attached hydrogens (tertiary/aromatic N) is 4. The number of pyridine rings is 2. The van der Waals surface area contributed by atoms with Crippen molar-refractivity contribution < 1.29 is 18.3 Å². The monoisotopic (exact) mass is 503 g/mol. The molecule has 1 fully saturated rings. The molecular weight excluding hydrogens is 476 g/mol. The third kappa shape index (κ3) is 4.13. The van der Waals surface area contributed by atoms with E-state index in [1.807, 2.05) is 42.8 Å². The number of rotatable bonds is 4. The molecule has 9 heteroatoms. The summed E-state index contributed by atoms with van der Waals surface area (Å²) in [6.45, 7) is 6.88. The van der Waals surface area contributed by atoms with Gasteiger partial charge in [0.15, 0.2) is 5.65 Å². The molecule has 37 heavy (non-hydrogen) atoms. The van der Waals surface area contributed by atoms with Gasteiger partial charge in [0.25, 0.3) is 11.8 Å². The number of benzene rings is 1. The van der Waals surface area contributed by atoms with Gasteiger partial charge in [-0.25, -0.2) is 4.98 Å². The van der Waals surface area contributed by atoms with Crippen molar-refractivity contribution in [2.75, 3.05) is 36.5 Å². The van der Waals surface area contributed by atoms with Crippen molar-refractivity contribution in [1.29, 1.82) is 0 Å². The van der Waals surface area contributed by atoms with E-state index < -0.39 is 11.8 Å². The number of hydrogen-bond donors (Lipinski definition) is 1. The van der Waals surface area contributed by atoms with Crippen LogP contribution in [0.25, 0.3) is 16.8 Å². The van der Waals surface area contributed by atoms with E-state index >= 15 is 0 Å². The minimum Gasteiger partial charge on any atom is -0.378 e. The van der Waals surface area contributed by atoms with E-state index in [0.29, 0.717) is 24.5 Å². The SMILES string of the molecule is Cc1cc(C)c(-c2cc(N3CCOCC3)c3nccn3c2)cc1NC(=O)c1ccnc2c1CCC2(F)F. The van der Waals surface area contributed by atoms with Crippen LogP contribution in [0.4, 0.5) is 20.2 Å². The van der Waals surface area contributed by atoms with Crippen LogP contribution in [0.2, 0.25) is 0 Å². The van der Waals surface area contributed by atoms with Crippen molar-refractivity contribution in [2.45, 2.75) is 32.6 Å². The van der Waals surface area contributed by atoms with Crippen molar-refractivity contribution in [2.24, 2.45) is 0 Å². The number of fused-ring (bicyclic) bond motifs is 2. The highest BCUT2D eigenvalue weighted by atomic mass is 19.3. The summed E-state index contributed by atoms with van der Waals surface area (Å²) in [5.41, 5.74) is 6.76. The number of imidazole rings is 1. The molecule has 7 nitrogen and oxygen atoms in total. The van der Waals surface area contributed by atoms with E-state index in [0.717, 1.165) is 46.7 Å².